The Kier molecular flexibility index (Phi) is 8.26. The van der Waals surface area contributed by atoms with E-state index in [1.54, 1.807) is 0 Å². The van der Waals surface area contributed by atoms with Gasteiger partial charge in [-0.15, -0.1) is 0 Å². The van der Waals surface area contributed by atoms with Crippen molar-refractivity contribution in [2.45, 2.75) is 52.2 Å². The maximum absolute atomic E-state index is 13.3. The van der Waals surface area contributed by atoms with Gasteiger partial charge < -0.3 is 25.1 Å². The number of H-pyrrole nitrogens is 1. The van der Waals surface area contributed by atoms with Crippen molar-refractivity contribution in [2.24, 2.45) is 5.73 Å². The molecule has 2 heterocycles. The summed E-state index contributed by atoms with van der Waals surface area (Å²) < 4.78 is 8.27. The molecule has 0 amide bonds. The molecule has 0 spiro atoms. The van der Waals surface area contributed by atoms with Gasteiger partial charge in [-0.2, -0.15) is 0 Å². The summed E-state index contributed by atoms with van der Waals surface area (Å²) in [6.45, 7) is 2.94. The van der Waals surface area contributed by atoms with E-state index in [2.05, 4.69) is 27.8 Å². The molecule has 1 aliphatic carbocycles. The molecule has 0 atom stereocenters. The van der Waals surface area contributed by atoms with Crippen LogP contribution in [0, 0.1) is 0 Å². The molecule has 5 aromatic rings. The first-order valence-electron chi connectivity index (χ1n) is 13.7. The molecule has 40 heavy (non-hydrogen) atoms. The fraction of sp³-hybridized carbons (Fsp3) is 0.281. The zero-order valence-corrected chi connectivity index (χ0v) is 22.7. The van der Waals surface area contributed by atoms with Gasteiger partial charge in [-0.3, -0.25) is 9.59 Å². The van der Waals surface area contributed by atoms with Crippen LogP contribution >= 0.6 is 0 Å². The average molecular weight is 539 g/mol. The zero-order valence-electron chi connectivity index (χ0n) is 22.7. The second-order valence-electron chi connectivity index (χ2n) is 10.1. The number of aromatic amines is 1. The van der Waals surface area contributed by atoms with Crippen molar-refractivity contribution >= 4 is 27.9 Å². The summed E-state index contributed by atoms with van der Waals surface area (Å²) in [4.78, 5) is 30.3. The van der Waals surface area contributed by atoms with E-state index >= 15 is 0 Å². The highest BCUT2D eigenvalue weighted by Gasteiger charge is 2.18. The summed E-state index contributed by atoms with van der Waals surface area (Å²) in [5.41, 5.74) is 13.3. The van der Waals surface area contributed by atoms with Crippen LogP contribution in [0.4, 0.5) is 0 Å². The van der Waals surface area contributed by atoms with Crippen molar-refractivity contribution < 1.29 is 14.6 Å². The molecule has 2 aromatic heterocycles. The number of aliphatic carboxylic acids is 1. The lowest BCUT2D eigenvalue weighted by atomic mass is 9.91. The molecular weight excluding hydrogens is 504 g/mol. The van der Waals surface area contributed by atoms with Crippen molar-refractivity contribution in [1.82, 2.24) is 14.5 Å². The third kappa shape index (κ3) is 6.07. The smallest absolute Gasteiger partial charge is 0.300 e. The Morgan fingerprint density at radius 1 is 1.07 bits per heavy atom. The zero-order chi connectivity index (χ0) is 28.1. The molecule has 0 radical (unpaired) electrons. The highest BCUT2D eigenvalue weighted by molar-refractivity contribution is 5.96. The molecule has 0 aliphatic heterocycles. The third-order valence-electron chi connectivity index (χ3n) is 7.11. The molecule has 0 saturated heterocycles. The van der Waals surface area contributed by atoms with Crippen LogP contribution < -0.4 is 16.0 Å². The first kappa shape index (κ1) is 27.1. The van der Waals surface area contributed by atoms with Gasteiger partial charge in [-0.1, -0.05) is 30.3 Å². The van der Waals surface area contributed by atoms with Crippen LogP contribution in [0.15, 0.2) is 71.7 Å². The van der Waals surface area contributed by atoms with Crippen molar-refractivity contribution in [3.8, 4) is 17.0 Å². The van der Waals surface area contributed by atoms with Gasteiger partial charge >= 0.3 is 0 Å². The Balaban J connectivity index is 0.000000758. The largest absolute Gasteiger partial charge is 0.489 e. The fourth-order valence-corrected chi connectivity index (χ4v) is 5.24. The van der Waals surface area contributed by atoms with Crippen LogP contribution in [-0.4, -0.2) is 32.2 Å². The predicted octanol–water partition coefficient (Wildman–Crippen LogP) is 5.44. The quantitative estimate of drug-likeness (QED) is 0.253. The van der Waals surface area contributed by atoms with Crippen LogP contribution in [0.3, 0.4) is 0 Å². The summed E-state index contributed by atoms with van der Waals surface area (Å²) in [6.07, 6.45) is 7.42. The number of fused-ring (bicyclic) bond motifs is 3. The van der Waals surface area contributed by atoms with Crippen molar-refractivity contribution in [2.75, 3.05) is 6.54 Å². The van der Waals surface area contributed by atoms with E-state index in [0.29, 0.717) is 18.8 Å². The fourth-order valence-electron chi connectivity index (χ4n) is 5.24. The van der Waals surface area contributed by atoms with Gasteiger partial charge in [0.1, 0.15) is 18.1 Å². The predicted molar refractivity (Wildman–Crippen MR) is 158 cm³/mol. The summed E-state index contributed by atoms with van der Waals surface area (Å²) in [6, 6.07) is 20.4. The highest BCUT2D eigenvalue weighted by Crippen LogP contribution is 2.33. The normalized spacial score (nSPS) is 12.6. The molecule has 0 saturated carbocycles. The van der Waals surface area contributed by atoms with E-state index in [9.17, 15) is 4.79 Å². The molecule has 3 aromatic carbocycles. The number of carbonyl (C=O) groups is 1. The minimum absolute atomic E-state index is 0.174. The molecule has 1 aliphatic rings. The minimum Gasteiger partial charge on any atom is -0.489 e. The SMILES string of the molecule is CC(=O)O.NCCCn1cc(-c2nc3cc4c(cc3[nH]c2=O)CCCC4)c2cc(OCc3ccccc3)ccc21. The first-order chi connectivity index (χ1) is 19.4. The Bertz CT molecular complexity index is 1700. The van der Waals surface area contributed by atoms with Gasteiger partial charge in [0.15, 0.2) is 0 Å². The third-order valence-corrected chi connectivity index (χ3v) is 7.11. The Morgan fingerprint density at radius 3 is 2.52 bits per heavy atom. The Labute approximate surface area is 232 Å². The minimum atomic E-state index is -0.833. The van der Waals surface area contributed by atoms with Gasteiger partial charge in [-0.05, 0) is 85.7 Å². The van der Waals surface area contributed by atoms with Crippen LogP contribution in [0.2, 0.25) is 0 Å². The van der Waals surface area contributed by atoms with E-state index in [1.165, 1.54) is 24.0 Å². The van der Waals surface area contributed by atoms with Crippen LogP contribution in [0.5, 0.6) is 5.75 Å². The van der Waals surface area contributed by atoms with Gasteiger partial charge in [0.2, 0.25) is 0 Å². The number of ether oxygens (including phenoxy) is 1. The van der Waals surface area contributed by atoms with E-state index in [0.717, 1.165) is 71.5 Å². The van der Waals surface area contributed by atoms with Crippen molar-refractivity contribution in [3.05, 3.63) is 93.9 Å². The second kappa shape index (κ2) is 12.2. The number of carboxylic acids is 1. The number of hydrogen-bond acceptors (Lipinski definition) is 5. The Hall–Kier alpha value is -4.43. The molecule has 0 bridgehead atoms. The number of carboxylic acid groups (broad SMARTS) is 1. The number of aromatic nitrogens is 3. The van der Waals surface area contributed by atoms with E-state index in [1.807, 2.05) is 48.7 Å². The first-order valence-corrected chi connectivity index (χ1v) is 13.7. The number of benzene rings is 3. The monoisotopic (exact) mass is 538 g/mol. The lowest BCUT2D eigenvalue weighted by Crippen LogP contribution is -2.13. The summed E-state index contributed by atoms with van der Waals surface area (Å²) >= 11 is 0. The maximum Gasteiger partial charge on any atom is 0.300 e. The van der Waals surface area contributed by atoms with E-state index < -0.39 is 5.97 Å². The van der Waals surface area contributed by atoms with Crippen LogP contribution in [0.1, 0.15) is 42.9 Å². The summed E-state index contributed by atoms with van der Waals surface area (Å²) in [5.74, 6) is -0.0736. The molecule has 0 fully saturated rings. The average Bonchev–Trinajstić information content (AvgIpc) is 3.31. The summed E-state index contributed by atoms with van der Waals surface area (Å²) in [5, 5.41) is 8.37. The van der Waals surface area contributed by atoms with Gasteiger partial charge in [-0.25, -0.2) is 4.98 Å². The van der Waals surface area contributed by atoms with Crippen molar-refractivity contribution in [3.63, 3.8) is 0 Å². The van der Waals surface area contributed by atoms with Gasteiger partial charge in [0, 0.05) is 36.1 Å². The molecule has 206 valence electrons. The van der Waals surface area contributed by atoms with Gasteiger partial charge in [0.05, 0.1) is 11.0 Å². The standard InChI is InChI=1S/C30H30N4O2.C2H4O2/c31-13-6-14-34-18-25(24-17-23(11-12-28(24)34)36-19-20-7-2-1-3-8-20)29-30(35)33-27-16-22-10-5-4-9-21(22)15-26(27)32-29;1-2(3)4/h1-3,7-8,11-12,15-18H,4-6,9-10,13-14,19,31H2,(H,33,35);1H3,(H,3,4). The summed E-state index contributed by atoms with van der Waals surface area (Å²) in [7, 11) is 0. The highest BCUT2D eigenvalue weighted by atomic mass is 16.5. The lowest BCUT2D eigenvalue weighted by molar-refractivity contribution is -0.134. The number of rotatable bonds is 7. The van der Waals surface area contributed by atoms with Crippen LogP contribution in [0.25, 0.3) is 33.2 Å². The number of nitrogens with zero attached hydrogens (tertiary/aromatic N) is 2. The maximum atomic E-state index is 13.3. The number of hydrogen-bond donors (Lipinski definition) is 3. The number of aryl methyl sites for hydroxylation is 3. The van der Waals surface area contributed by atoms with Gasteiger partial charge in [0.25, 0.3) is 11.5 Å². The topological polar surface area (TPSA) is 123 Å². The van der Waals surface area contributed by atoms with E-state index in [-0.39, 0.29) is 5.56 Å². The van der Waals surface area contributed by atoms with E-state index in [4.69, 9.17) is 25.4 Å². The second-order valence-corrected chi connectivity index (χ2v) is 10.1. The molecule has 6 rings (SSSR count). The Morgan fingerprint density at radius 2 is 1.80 bits per heavy atom. The van der Waals surface area contributed by atoms with Crippen molar-refractivity contribution in [1.29, 1.82) is 0 Å². The number of nitrogens with two attached hydrogens (primary N) is 1. The lowest BCUT2D eigenvalue weighted by Gasteiger charge is -2.16. The van der Waals surface area contributed by atoms with Crippen LogP contribution in [-0.2, 0) is 30.8 Å². The molecule has 8 nitrogen and oxygen atoms in total. The molecule has 4 N–H and O–H groups in total. The molecule has 0 unspecified atom stereocenters. The molecular formula is C32H34N4O4. The number of nitrogens with one attached hydrogen (secondary N) is 1. The molecule has 8 heteroatoms.